The summed E-state index contributed by atoms with van der Waals surface area (Å²) in [7, 11) is 1.24. The molecule has 0 unspecified atom stereocenters. The highest BCUT2D eigenvalue weighted by atomic mass is 32.2. The van der Waals surface area contributed by atoms with Gasteiger partial charge in [-0.3, -0.25) is 4.79 Å². The number of aromatic nitrogens is 4. The van der Waals surface area contributed by atoms with E-state index in [0.717, 1.165) is 17.3 Å². The Morgan fingerprint density at radius 1 is 1.30 bits per heavy atom. The largest absolute Gasteiger partial charge is 0.510 e. The molecule has 0 saturated carbocycles. The molecule has 2 heterocycles. The van der Waals surface area contributed by atoms with Gasteiger partial charge in [-0.05, 0) is 19.1 Å². The number of thioether (sulfide) groups is 1. The zero-order chi connectivity index (χ0) is 19.4. The van der Waals surface area contributed by atoms with Crippen LogP contribution in [0.15, 0.2) is 52.2 Å². The summed E-state index contributed by atoms with van der Waals surface area (Å²) in [6.45, 7) is 2.54. The Bertz CT molecular complexity index is 1040. The number of carbonyl (C=O) groups excluding carboxylic acids is 1. The predicted octanol–water partition coefficient (Wildman–Crippen LogP) is 2.37. The van der Waals surface area contributed by atoms with Gasteiger partial charge >= 0.3 is 5.97 Å². The number of H-pyrrole nitrogens is 1. The Balaban J connectivity index is 1.96. The molecule has 2 N–H and O–H groups in total. The maximum atomic E-state index is 12.2. The van der Waals surface area contributed by atoms with Crippen molar-refractivity contribution in [3.63, 3.8) is 0 Å². The first-order valence-electron chi connectivity index (χ1n) is 8.19. The molecule has 0 amide bonds. The molecule has 1 aromatic carbocycles. The number of nitrogens with one attached hydrogen (secondary N) is 1. The molecular weight excluding hydrogens is 368 g/mol. The van der Waals surface area contributed by atoms with E-state index in [1.54, 1.807) is 16.8 Å². The number of rotatable bonds is 6. The van der Waals surface area contributed by atoms with Crippen LogP contribution in [-0.4, -0.2) is 43.5 Å². The van der Waals surface area contributed by atoms with Crippen LogP contribution in [0.5, 0.6) is 0 Å². The molecule has 0 aliphatic heterocycles. The highest BCUT2D eigenvalue weighted by Gasteiger charge is 2.22. The topological polar surface area (TPSA) is 110 Å². The molecular formula is C18H18N4O4S. The second kappa shape index (κ2) is 8.09. The minimum Gasteiger partial charge on any atom is -0.510 e. The average molecular weight is 386 g/mol. The predicted molar refractivity (Wildman–Crippen MR) is 103 cm³/mol. The fourth-order valence-corrected chi connectivity index (χ4v) is 3.42. The normalized spacial score (nSPS) is 12.1. The van der Waals surface area contributed by atoms with Gasteiger partial charge in [-0.2, -0.15) is 4.98 Å². The maximum Gasteiger partial charge on any atom is 0.345 e. The number of aromatic amines is 1. The van der Waals surface area contributed by atoms with Crippen LogP contribution in [0.2, 0.25) is 0 Å². The number of aliphatic hydroxyl groups excluding tert-OH is 1. The van der Waals surface area contributed by atoms with Crippen LogP contribution in [0.1, 0.15) is 12.7 Å². The molecule has 27 heavy (non-hydrogen) atoms. The number of carbonyl (C=O) groups is 1. The summed E-state index contributed by atoms with van der Waals surface area (Å²) in [5.74, 6) is -0.680. The van der Waals surface area contributed by atoms with Crippen LogP contribution in [0.4, 0.5) is 0 Å². The summed E-state index contributed by atoms with van der Waals surface area (Å²) < 4.78 is 6.58. The van der Waals surface area contributed by atoms with E-state index in [0.29, 0.717) is 17.2 Å². The molecule has 0 bridgehead atoms. The van der Waals surface area contributed by atoms with Crippen LogP contribution in [0.25, 0.3) is 16.6 Å². The van der Waals surface area contributed by atoms with E-state index in [-0.39, 0.29) is 28.5 Å². The van der Waals surface area contributed by atoms with Gasteiger partial charge in [-0.15, -0.1) is 0 Å². The number of para-hydroxylation sites is 2. The van der Waals surface area contributed by atoms with Gasteiger partial charge in [0, 0.05) is 18.8 Å². The van der Waals surface area contributed by atoms with Gasteiger partial charge in [0.05, 0.1) is 23.9 Å². The molecule has 3 rings (SSSR count). The number of ether oxygens (including phenoxy) is 1. The number of nitrogens with zero attached hydrogens (tertiary/aromatic N) is 3. The molecule has 0 fully saturated rings. The highest BCUT2D eigenvalue weighted by Crippen LogP contribution is 2.24. The number of fused-ring (bicyclic) bond motifs is 1. The molecule has 3 aromatic rings. The first kappa shape index (κ1) is 18.7. The van der Waals surface area contributed by atoms with Crippen molar-refractivity contribution in [2.75, 3.05) is 12.9 Å². The first-order valence-corrected chi connectivity index (χ1v) is 9.18. The third kappa shape index (κ3) is 4.03. The van der Waals surface area contributed by atoms with Crippen molar-refractivity contribution < 1.29 is 14.6 Å². The summed E-state index contributed by atoms with van der Waals surface area (Å²) in [4.78, 5) is 35.1. The lowest BCUT2D eigenvalue weighted by Gasteiger charge is -2.10. The number of hydrogen-bond acceptors (Lipinski definition) is 7. The fraction of sp³-hybridized carbons (Fsp3) is 0.222. The quantitative estimate of drug-likeness (QED) is 0.220. The van der Waals surface area contributed by atoms with Gasteiger partial charge in [0.25, 0.3) is 5.56 Å². The smallest absolute Gasteiger partial charge is 0.345 e. The van der Waals surface area contributed by atoms with Crippen molar-refractivity contribution in [2.24, 2.45) is 0 Å². The highest BCUT2D eigenvalue weighted by molar-refractivity contribution is 7.99. The van der Waals surface area contributed by atoms with Gasteiger partial charge in [-0.25, -0.2) is 9.78 Å². The number of aliphatic hydroxyl groups is 1. The Morgan fingerprint density at radius 3 is 2.78 bits per heavy atom. The van der Waals surface area contributed by atoms with E-state index < -0.39 is 5.97 Å². The van der Waals surface area contributed by atoms with Crippen molar-refractivity contribution in [3.05, 3.63) is 58.5 Å². The number of esters is 1. The second-order valence-electron chi connectivity index (χ2n) is 5.54. The van der Waals surface area contributed by atoms with E-state index in [2.05, 4.69) is 15.0 Å². The monoisotopic (exact) mass is 386 g/mol. The van der Waals surface area contributed by atoms with Crippen LogP contribution >= 0.6 is 11.8 Å². The Hall–Kier alpha value is -3.07. The summed E-state index contributed by atoms with van der Waals surface area (Å²) in [5, 5.41) is 11.0. The lowest BCUT2D eigenvalue weighted by atomic mass is 10.2. The Kier molecular flexibility index (Phi) is 5.60. The third-order valence-corrected chi connectivity index (χ3v) is 4.83. The van der Waals surface area contributed by atoms with Crippen LogP contribution in [0.3, 0.4) is 0 Å². The number of hydrogen-bond donors (Lipinski definition) is 2. The molecule has 0 saturated heterocycles. The van der Waals surface area contributed by atoms with Crippen molar-refractivity contribution in [3.8, 4) is 0 Å². The van der Waals surface area contributed by atoms with Gasteiger partial charge < -0.3 is 19.4 Å². The Labute approximate surface area is 158 Å². The van der Waals surface area contributed by atoms with Crippen molar-refractivity contribution in [1.29, 1.82) is 0 Å². The van der Waals surface area contributed by atoms with Gasteiger partial charge in [-0.1, -0.05) is 23.9 Å². The lowest BCUT2D eigenvalue weighted by Crippen LogP contribution is -2.13. The fourth-order valence-electron chi connectivity index (χ4n) is 2.50. The van der Waals surface area contributed by atoms with Crippen LogP contribution in [-0.2, 0) is 16.1 Å². The zero-order valence-corrected chi connectivity index (χ0v) is 15.6. The first-order chi connectivity index (χ1) is 13.0. The van der Waals surface area contributed by atoms with E-state index in [1.807, 2.05) is 25.1 Å². The molecule has 0 radical (unpaired) electrons. The number of aryl methyl sites for hydroxylation is 1. The van der Waals surface area contributed by atoms with E-state index in [4.69, 9.17) is 4.74 Å². The zero-order valence-electron chi connectivity index (χ0n) is 14.8. The molecule has 2 aromatic heterocycles. The minimum atomic E-state index is -0.707. The average Bonchev–Trinajstić information content (AvgIpc) is 3.09. The van der Waals surface area contributed by atoms with E-state index >= 15 is 0 Å². The number of methoxy groups -OCH3 is 1. The molecule has 0 aliphatic carbocycles. The van der Waals surface area contributed by atoms with Crippen molar-refractivity contribution in [2.45, 2.75) is 18.6 Å². The summed E-state index contributed by atoms with van der Waals surface area (Å²) >= 11 is 1.15. The van der Waals surface area contributed by atoms with Crippen LogP contribution < -0.4 is 5.56 Å². The SMILES string of the molecule is CCn1ccc(=O)nc1SC/C(O)=C(/C(=O)OC)c1nc2ccccc2[nH]1. The summed E-state index contributed by atoms with van der Waals surface area (Å²) in [6.07, 6.45) is 1.64. The molecule has 0 spiro atoms. The van der Waals surface area contributed by atoms with Gasteiger partial charge in [0.1, 0.15) is 17.2 Å². The minimum absolute atomic E-state index is 0.0257. The number of imidazole rings is 1. The van der Waals surface area contributed by atoms with E-state index in [9.17, 15) is 14.7 Å². The third-order valence-electron chi connectivity index (χ3n) is 3.83. The molecule has 140 valence electrons. The van der Waals surface area contributed by atoms with Crippen molar-refractivity contribution >= 4 is 34.3 Å². The Morgan fingerprint density at radius 2 is 2.07 bits per heavy atom. The summed E-state index contributed by atoms with van der Waals surface area (Å²) in [6, 6.07) is 8.66. The maximum absolute atomic E-state index is 12.2. The second-order valence-corrected chi connectivity index (χ2v) is 6.48. The van der Waals surface area contributed by atoms with E-state index in [1.165, 1.54) is 13.2 Å². The number of benzene rings is 1. The standard InChI is InChI=1S/C18H18N4O4S/c1-3-22-9-8-14(24)21-18(22)27-10-13(23)15(17(25)26-2)16-19-11-6-4-5-7-12(11)20-16/h4-9,23H,3,10H2,1-2H3,(H,19,20)/b15-13-. The molecule has 0 aliphatic rings. The van der Waals surface area contributed by atoms with Gasteiger partial charge in [0.15, 0.2) is 5.16 Å². The summed E-state index contributed by atoms with van der Waals surface area (Å²) in [5.41, 5.74) is 0.983. The lowest BCUT2D eigenvalue weighted by molar-refractivity contribution is -0.133. The molecule has 9 heteroatoms. The molecule has 8 nitrogen and oxygen atoms in total. The molecule has 0 atom stereocenters. The van der Waals surface area contributed by atoms with Crippen LogP contribution in [0, 0.1) is 0 Å². The van der Waals surface area contributed by atoms with Crippen molar-refractivity contribution in [1.82, 2.24) is 19.5 Å². The van der Waals surface area contributed by atoms with Gasteiger partial charge in [0.2, 0.25) is 0 Å².